The summed E-state index contributed by atoms with van der Waals surface area (Å²) in [6.45, 7) is 7.83. The van der Waals surface area contributed by atoms with Crippen LogP contribution in [0, 0.1) is 6.92 Å². The summed E-state index contributed by atoms with van der Waals surface area (Å²) in [6, 6.07) is 3.89. The van der Waals surface area contributed by atoms with Gasteiger partial charge in [0.1, 0.15) is 5.76 Å². The fraction of sp³-hybridized carbons (Fsp3) is 0.375. The average molecular weight is 317 g/mol. The molecule has 22 heavy (non-hydrogen) atoms. The molecule has 0 radical (unpaired) electrons. The van der Waals surface area contributed by atoms with E-state index in [2.05, 4.69) is 33.9 Å². The number of H-pyrrole nitrogens is 1. The molecule has 0 amide bonds. The van der Waals surface area contributed by atoms with Crippen molar-refractivity contribution in [3.63, 3.8) is 0 Å². The number of rotatable bonds is 1. The Kier molecular flexibility index (Phi) is 2.78. The van der Waals surface area contributed by atoms with Crippen molar-refractivity contribution in [1.82, 2.24) is 15.2 Å². The van der Waals surface area contributed by atoms with Gasteiger partial charge in [-0.1, -0.05) is 25.4 Å². The first-order valence-corrected chi connectivity index (χ1v) is 7.66. The number of halogens is 1. The maximum atomic E-state index is 6.27. The van der Waals surface area contributed by atoms with Crippen molar-refractivity contribution < 1.29 is 4.42 Å². The van der Waals surface area contributed by atoms with Gasteiger partial charge in [-0.15, -0.1) is 0 Å². The van der Waals surface area contributed by atoms with Crippen LogP contribution < -0.4 is 4.90 Å². The highest BCUT2D eigenvalue weighted by atomic mass is 35.5. The number of benzene rings is 1. The lowest BCUT2D eigenvalue weighted by Crippen LogP contribution is -2.42. The van der Waals surface area contributed by atoms with Crippen LogP contribution in [0.25, 0.3) is 10.9 Å². The Morgan fingerprint density at radius 1 is 1.36 bits per heavy atom. The molecule has 1 aliphatic heterocycles. The maximum absolute atomic E-state index is 6.27. The molecule has 0 atom stereocenters. The largest absolute Gasteiger partial charge is 0.444 e. The standard InChI is InChI=1S/C16H17ClN4O/c1-9-19-15-14(22-9)7-21(8-16(15,2)3)13-5-10(17)4-12-11(13)6-18-20-12/h4-6H,7-8H2,1-3H3,(H,18,20). The summed E-state index contributed by atoms with van der Waals surface area (Å²) in [5, 5.41) is 8.89. The number of nitrogens with zero attached hydrogens (tertiary/aromatic N) is 3. The molecule has 5 nitrogen and oxygen atoms in total. The summed E-state index contributed by atoms with van der Waals surface area (Å²) >= 11 is 6.27. The lowest BCUT2D eigenvalue weighted by Gasteiger charge is -2.37. The van der Waals surface area contributed by atoms with Gasteiger partial charge in [-0.25, -0.2) is 4.98 Å². The Morgan fingerprint density at radius 2 is 2.18 bits per heavy atom. The van der Waals surface area contributed by atoms with Crippen molar-refractivity contribution in [2.75, 3.05) is 11.4 Å². The molecule has 2 aromatic heterocycles. The minimum Gasteiger partial charge on any atom is -0.444 e. The lowest BCUT2D eigenvalue weighted by molar-refractivity contribution is 0.409. The number of aromatic amines is 1. The van der Waals surface area contributed by atoms with Gasteiger partial charge >= 0.3 is 0 Å². The number of fused-ring (bicyclic) bond motifs is 2. The molecule has 0 saturated heterocycles. The molecule has 6 heteroatoms. The second kappa shape index (κ2) is 4.49. The molecule has 0 saturated carbocycles. The second-order valence-electron chi connectivity index (χ2n) is 6.50. The molecule has 3 heterocycles. The third kappa shape index (κ3) is 2.00. The van der Waals surface area contributed by atoms with Gasteiger partial charge in [0.2, 0.25) is 0 Å². The monoisotopic (exact) mass is 316 g/mol. The predicted octanol–water partition coefficient (Wildman–Crippen LogP) is 3.81. The maximum Gasteiger partial charge on any atom is 0.191 e. The van der Waals surface area contributed by atoms with Gasteiger partial charge in [0.25, 0.3) is 0 Å². The summed E-state index contributed by atoms with van der Waals surface area (Å²) in [6.07, 6.45) is 1.84. The fourth-order valence-corrected chi connectivity index (χ4v) is 3.53. The quantitative estimate of drug-likeness (QED) is 0.741. The van der Waals surface area contributed by atoms with Crippen LogP contribution in [0.2, 0.25) is 5.02 Å². The minimum atomic E-state index is -0.0796. The summed E-state index contributed by atoms with van der Waals surface area (Å²) in [4.78, 5) is 6.85. The summed E-state index contributed by atoms with van der Waals surface area (Å²) in [5.41, 5.74) is 3.00. The van der Waals surface area contributed by atoms with E-state index in [0.29, 0.717) is 11.6 Å². The van der Waals surface area contributed by atoms with Crippen LogP contribution in [0.15, 0.2) is 22.7 Å². The average Bonchev–Trinajstić information content (AvgIpc) is 3.03. The number of anilines is 1. The number of oxazole rings is 1. The number of hydrogen-bond acceptors (Lipinski definition) is 4. The fourth-order valence-electron chi connectivity index (χ4n) is 3.32. The second-order valence-corrected chi connectivity index (χ2v) is 6.94. The van der Waals surface area contributed by atoms with E-state index in [0.717, 1.165) is 40.5 Å². The van der Waals surface area contributed by atoms with Crippen molar-refractivity contribution in [1.29, 1.82) is 0 Å². The van der Waals surface area contributed by atoms with Gasteiger partial charge in [-0.3, -0.25) is 5.10 Å². The molecule has 0 aliphatic carbocycles. The molecule has 114 valence electrons. The van der Waals surface area contributed by atoms with Crippen LogP contribution in [0.3, 0.4) is 0 Å². The van der Waals surface area contributed by atoms with Crippen molar-refractivity contribution in [2.45, 2.75) is 32.7 Å². The summed E-state index contributed by atoms with van der Waals surface area (Å²) in [5.74, 6) is 1.66. The zero-order valence-electron chi connectivity index (χ0n) is 12.8. The zero-order valence-corrected chi connectivity index (χ0v) is 13.5. The first kappa shape index (κ1) is 13.6. The molecule has 3 aromatic rings. The molecule has 4 rings (SSSR count). The van der Waals surface area contributed by atoms with E-state index in [9.17, 15) is 0 Å². The van der Waals surface area contributed by atoms with E-state index in [1.165, 1.54) is 0 Å². The number of nitrogens with one attached hydrogen (secondary N) is 1. The van der Waals surface area contributed by atoms with Gasteiger partial charge in [0.05, 0.1) is 24.0 Å². The summed E-state index contributed by atoms with van der Waals surface area (Å²) in [7, 11) is 0. The minimum absolute atomic E-state index is 0.0796. The van der Waals surface area contributed by atoms with E-state index in [1.807, 2.05) is 25.3 Å². The van der Waals surface area contributed by atoms with E-state index < -0.39 is 0 Å². The Balaban J connectivity index is 1.85. The van der Waals surface area contributed by atoms with Crippen LogP contribution in [-0.4, -0.2) is 21.7 Å². The van der Waals surface area contributed by atoms with Gasteiger partial charge in [-0.2, -0.15) is 5.10 Å². The molecule has 0 fully saturated rings. The molecule has 0 spiro atoms. The van der Waals surface area contributed by atoms with Crippen molar-refractivity contribution in [3.8, 4) is 0 Å². The smallest absolute Gasteiger partial charge is 0.191 e. The molecule has 0 bridgehead atoms. The van der Waals surface area contributed by atoms with Crippen molar-refractivity contribution in [3.05, 3.63) is 40.7 Å². The van der Waals surface area contributed by atoms with Gasteiger partial charge in [-0.05, 0) is 12.1 Å². The van der Waals surface area contributed by atoms with Crippen LogP contribution >= 0.6 is 11.6 Å². The van der Waals surface area contributed by atoms with Crippen LogP contribution in [-0.2, 0) is 12.0 Å². The SMILES string of the molecule is Cc1nc2c(o1)CN(c1cc(Cl)cc3[nH]ncc13)CC2(C)C. The molecule has 1 N–H and O–H groups in total. The number of aromatic nitrogens is 3. The van der Waals surface area contributed by atoms with Gasteiger partial charge in [0, 0.05) is 35.0 Å². The van der Waals surface area contributed by atoms with Gasteiger partial charge < -0.3 is 9.32 Å². The topological polar surface area (TPSA) is 58.0 Å². The Hall–Kier alpha value is -2.01. The highest BCUT2D eigenvalue weighted by Gasteiger charge is 2.36. The lowest BCUT2D eigenvalue weighted by atomic mass is 9.84. The van der Waals surface area contributed by atoms with Crippen molar-refractivity contribution in [2.24, 2.45) is 0 Å². The van der Waals surface area contributed by atoms with E-state index in [1.54, 1.807) is 0 Å². The zero-order chi connectivity index (χ0) is 15.5. The van der Waals surface area contributed by atoms with Crippen LogP contribution in [0.5, 0.6) is 0 Å². The highest BCUT2D eigenvalue weighted by Crippen LogP contribution is 2.38. The molecule has 0 unspecified atom stereocenters. The Labute approximate surface area is 133 Å². The number of aryl methyl sites for hydroxylation is 1. The molecular formula is C16H17ClN4O. The highest BCUT2D eigenvalue weighted by molar-refractivity contribution is 6.31. The van der Waals surface area contributed by atoms with E-state index in [4.69, 9.17) is 16.0 Å². The van der Waals surface area contributed by atoms with E-state index in [-0.39, 0.29) is 5.41 Å². The first-order chi connectivity index (χ1) is 10.4. The predicted molar refractivity (Wildman–Crippen MR) is 86.4 cm³/mol. The van der Waals surface area contributed by atoms with Crippen LogP contribution in [0.1, 0.15) is 31.2 Å². The van der Waals surface area contributed by atoms with E-state index >= 15 is 0 Å². The molecular weight excluding hydrogens is 300 g/mol. The number of hydrogen-bond donors (Lipinski definition) is 1. The third-order valence-electron chi connectivity index (χ3n) is 4.21. The first-order valence-electron chi connectivity index (χ1n) is 7.28. The van der Waals surface area contributed by atoms with Crippen LogP contribution in [0.4, 0.5) is 5.69 Å². The Morgan fingerprint density at radius 3 is 3.00 bits per heavy atom. The molecule has 1 aromatic carbocycles. The summed E-state index contributed by atoms with van der Waals surface area (Å²) < 4.78 is 5.81. The third-order valence-corrected chi connectivity index (χ3v) is 4.43. The normalized spacial score (nSPS) is 17.0. The Bertz CT molecular complexity index is 864. The van der Waals surface area contributed by atoms with Crippen molar-refractivity contribution >= 4 is 28.2 Å². The molecule has 1 aliphatic rings. The van der Waals surface area contributed by atoms with Gasteiger partial charge in [0.15, 0.2) is 5.89 Å².